The number of nitrogens with one attached hydrogen (secondary N) is 1. The van der Waals surface area contributed by atoms with Gasteiger partial charge in [-0.3, -0.25) is 5.32 Å². The van der Waals surface area contributed by atoms with E-state index in [1.165, 1.54) is 0 Å². The minimum atomic E-state index is -0.161. The predicted octanol–water partition coefficient (Wildman–Crippen LogP) is 2.81. The van der Waals surface area contributed by atoms with Crippen LogP contribution in [0, 0.1) is 0 Å². The van der Waals surface area contributed by atoms with Crippen LogP contribution in [0.5, 0.6) is 11.5 Å². The molecular weight excluding hydrogens is 202 g/mol. The molecule has 3 heteroatoms. The van der Waals surface area contributed by atoms with Gasteiger partial charge in [-0.2, -0.15) is 0 Å². The molecular formula is C13H21NO2. The first-order valence-corrected chi connectivity index (χ1v) is 5.64. The maximum absolute atomic E-state index is 5.71. The summed E-state index contributed by atoms with van der Waals surface area (Å²) in [7, 11) is 0. The zero-order valence-corrected chi connectivity index (χ0v) is 10.5. The van der Waals surface area contributed by atoms with Crippen molar-refractivity contribution in [1.82, 2.24) is 5.32 Å². The van der Waals surface area contributed by atoms with Crippen LogP contribution in [0.15, 0.2) is 24.3 Å². The van der Waals surface area contributed by atoms with Gasteiger partial charge in [0.1, 0.15) is 23.8 Å². The topological polar surface area (TPSA) is 30.5 Å². The molecule has 1 N–H and O–H groups in total. The molecule has 0 radical (unpaired) electrons. The fourth-order valence-corrected chi connectivity index (χ4v) is 1.19. The Morgan fingerprint density at radius 3 is 2.12 bits per heavy atom. The van der Waals surface area contributed by atoms with Gasteiger partial charge in [0.15, 0.2) is 0 Å². The Kier molecular flexibility index (Phi) is 4.62. The molecule has 90 valence electrons. The molecule has 0 spiro atoms. The second-order valence-electron chi connectivity index (χ2n) is 4.58. The minimum Gasteiger partial charge on any atom is -0.488 e. The molecule has 16 heavy (non-hydrogen) atoms. The molecule has 0 bridgehead atoms. The summed E-state index contributed by atoms with van der Waals surface area (Å²) < 4.78 is 11.2. The van der Waals surface area contributed by atoms with Crippen molar-refractivity contribution < 1.29 is 9.47 Å². The highest BCUT2D eigenvalue weighted by atomic mass is 16.5. The van der Waals surface area contributed by atoms with Crippen molar-refractivity contribution in [2.45, 2.75) is 33.3 Å². The molecule has 0 fully saturated rings. The molecule has 0 aromatic heterocycles. The van der Waals surface area contributed by atoms with Crippen molar-refractivity contribution >= 4 is 0 Å². The maximum Gasteiger partial charge on any atom is 0.139 e. The molecule has 3 nitrogen and oxygen atoms in total. The van der Waals surface area contributed by atoms with E-state index in [0.29, 0.717) is 6.73 Å². The summed E-state index contributed by atoms with van der Waals surface area (Å²) >= 11 is 0. The molecule has 1 rings (SSSR count). The van der Waals surface area contributed by atoms with Crippen molar-refractivity contribution in [2.75, 3.05) is 13.3 Å². The zero-order chi connectivity index (χ0) is 12.0. The quantitative estimate of drug-likeness (QED) is 0.615. The van der Waals surface area contributed by atoms with Crippen LogP contribution in [0.2, 0.25) is 0 Å². The minimum absolute atomic E-state index is 0.161. The number of benzene rings is 1. The van der Waals surface area contributed by atoms with E-state index in [-0.39, 0.29) is 5.60 Å². The van der Waals surface area contributed by atoms with Gasteiger partial charge in [0.25, 0.3) is 0 Å². The first-order valence-electron chi connectivity index (χ1n) is 5.64. The Morgan fingerprint density at radius 1 is 1.06 bits per heavy atom. The molecule has 1 aromatic rings. The number of rotatable bonds is 5. The lowest BCUT2D eigenvalue weighted by Crippen LogP contribution is -2.22. The Bertz CT molecular complexity index is 301. The van der Waals surface area contributed by atoms with Crippen LogP contribution in [0.4, 0.5) is 0 Å². The van der Waals surface area contributed by atoms with Gasteiger partial charge in [-0.05, 0) is 51.6 Å². The van der Waals surface area contributed by atoms with Crippen LogP contribution in [-0.4, -0.2) is 18.9 Å². The molecule has 1 aromatic carbocycles. The van der Waals surface area contributed by atoms with Crippen LogP contribution in [0.3, 0.4) is 0 Å². The average molecular weight is 223 g/mol. The average Bonchev–Trinajstić information content (AvgIpc) is 2.19. The monoisotopic (exact) mass is 223 g/mol. The summed E-state index contributed by atoms with van der Waals surface area (Å²) in [6.07, 6.45) is 0. The smallest absolute Gasteiger partial charge is 0.139 e. The van der Waals surface area contributed by atoms with E-state index >= 15 is 0 Å². The lowest BCUT2D eigenvalue weighted by atomic mass is 10.2. The van der Waals surface area contributed by atoms with E-state index in [2.05, 4.69) is 5.32 Å². The van der Waals surface area contributed by atoms with Gasteiger partial charge in [-0.15, -0.1) is 0 Å². The molecule has 0 saturated carbocycles. The third-order valence-corrected chi connectivity index (χ3v) is 1.84. The van der Waals surface area contributed by atoms with Crippen LogP contribution in [-0.2, 0) is 0 Å². The van der Waals surface area contributed by atoms with Crippen molar-refractivity contribution in [1.29, 1.82) is 0 Å². The summed E-state index contributed by atoms with van der Waals surface area (Å²) in [6, 6.07) is 7.68. The van der Waals surface area contributed by atoms with Crippen LogP contribution >= 0.6 is 0 Å². The Morgan fingerprint density at radius 2 is 1.62 bits per heavy atom. The highest BCUT2D eigenvalue weighted by molar-refractivity contribution is 5.31. The Balaban J connectivity index is 2.48. The summed E-state index contributed by atoms with van der Waals surface area (Å²) in [5.41, 5.74) is -0.161. The lowest BCUT2D eigenvalue weighted by molar-refractivity contribution is 0.130. The van der Waals surface area contributed by atoms with Gasteiger partial charge in [0, 0.05) is 0 Å². The summed E-state index contributed by atoms with van der Waals surface area (Å²) in [5, 5.41) is 3.10. The van der Waals surface area contributed by atoms with E-state index < -0.39 is 0 Å². The normalized spacial score (nSPS) is 11.2. The van der Waals surface area contributed by atoms with E-state index in [4.69, 9.17) is 9.47 Å². The molecule has 0 heterocycles. The molecule has 0 atom stereocenters. The van der Waals surface area contributed by atoms with Crippen molar-refractivity contribution in [3.63, 3.8) is 0 Å². The van der Waals surface area contributed by atoms with Crippen molar-refractivity contribution in [3.05, 3.63) is 24.3 Å². The fourth-order valence-electron chi connectivity index (χ4n) is 1.19. The second-order valence-corrected chi connectivity index (χ2v) is 4.58. The fraction of sp³-hybridized carbons (Fsp3) is 0.538. The molecule has 0 aliphatic heterocycles. The molecule has 0 amide bonds. The van der Waals surface area contributed by atoms with Crippen LogP contribution in [0.25, 0.3) is 0 Å². The van der Waals surface area contributed by atoms with Gasteiger partial charge in [-0.1, -0.05) is 6.92 Å². The standard InChI is InChI=1S/C13H21NO2/c1-5-14-10-15-11-6-8-12(9-7-11)16-13(2,3)4/h6-9,14H,5,10H2,1-4H3. The zero-order valence-electron chi connectivity index (χ0n) is 10.5. The van der Waals surface area contributed by atoms with Gasteiger partial charge in [0.05, 0.1) is 0 Å². The van der Waals surface area contributed by atoms with E-state index in [1.54, 1.807) is 0 Å². The highest BCUT2D eigenvalue weighted by Gasteiger charge is 2.11. The van der Waals surface area contributed by atoms with Crippen molar-refractivity contribution in [2.24, 2.45) is 0 Å². The van der Waals surface area contributed by atoms with Gasteiger partial charge in [0.2, 0.25) is 0 Å². The first-order chi connectivity index (χ1) is 7.51. The predicted molar refractivity (Wildman–Crippen MR) is 66.0 cm³/mol. The SMILES string of the molecule is CCNCOc1ccc(OC(C)(C)C)cc1. The Labute approximate surface area is 97.8 Å². The molecule has 0 unspecified atom stereocenters. The molecule has 0 saturated heterocycles. The van der Waals surface area contributed by atoms with Crippen molar-refractivity contribution in [3.8, 4) is 11.5 Å². The molecule has 0 aliphatic carbocycles. The van der Waals surface area contributed by atoms with Crippen LogP contribution in [0.1, 0.15) is 27.7 Å². The Hall–Kier alpha value is -1.22. The largest absolute Gasteiger partial charge is 0.488 e. The van der Waals surface area contributed by atoms with E-state index in [0.717, 1.165) is 18.0 Å². The van der Waals surface area contributed by atoms with Gasteiger partial charge < -0.3 is 9.47 Å². The van der Waals surface area contributed by atoms with E-state index in [1.807, 2.05) is 52.0 Å². The van der Waals surface area contributed by atoms with Gasteiger partial charge in [-0.25, -0.2) is 0 Å². The third kappa shape index (κ3) is 5.03. The highest BCUT2D eigenvalue weighted by Crippen LogP contribution is 2.21. The number of ether oxygens (including phenoxy) is 2. The molecule has 0 aliphatic rings. The lowest BCUT2D eigenvalue weighted by Gasteiger charge is -2.21. The first kappa shape index (κ1) is 12.8. The second kappa shape index (κ2) is 5.75. The number of hydrogen-bond acceptors (Lipinski definition) is 3. The van der Waals surface area contributed by atoms with E-state index in [9.17, 15) is 0 Å². The summed E-state index contributed by atoms with van der Waals surface area (Å²) in [5.74, 6) is 1.71. The number of hydrogen-bond donors (Lipinski definition) is 1. The van der Waals surface area contributed by atoms with Gasteiger partial charge >= 0.3 is 0 Å². The summed E-state index contributed by atoms with van der Waals surface area (Å²) in [6.45, 7) is 9.58. The third-order valence-electron chi connectivity index (χ3n) is 1.84. The summed E-state index contributed by atoms with van der Waals surface area (Å²) in [4.78, 5) is 0. The van der Waals surface area contributed by atoms with Crippen LogP contribution < -0.4 is 14.8 Å². The maximum atomic E-state index is 5.71.